The summed E-state index contributed by atoms with van der Waals surface area (Å²) in [6.07, 6.45) is 4.60. The Labute approximate surface area is 80.6 Å². The zero-order valence-electron chi connectivity index (χ0n) is 8.46. The van der Waals surface area contributed by atoms with E-state index in [2.05, 4.69) is 18.4 Å². The third-order valence-electron chi connectivity index (χ3n) is 3.57. The van der Waals surface area contributed by atoms with Gasteiger partial charge in [0.1, 0.15) is 0 Å². The van der Waals surface area contributed by atoms with Crippen molar-refractivity contribution in [2.24, 2.45) is 5.41 Å². The van der Waals surface area contributed by atoms with Gasteiger partial charge in [0.2, 0.25) is 0 Å². The zero-order valence-corrected chi connectivity index (χ0v) is 8.46. The number of likely N-dealkylation sites (tertiary alicyclic amines) is 1. The van der Waals surface area contributed by atoms with Gasteiger partial charge in [-0.25, -0.2) is 0 Å². The van der Waals surface area contributed by atoms with Crippen LogP contribution >= 0.6 is 0 Å². The molecule has 0 aromatic heterocycles. The molecule has 2 rings (SSSR count). The number of hydrogen-bond acceptors (Lipinski definition) is 2. The van der Waals surface area contributed by atoms with Crippen molar-refractivity contribution in [3.8, 4) is 0 Å². The van der Waals surface area contributed by atoms with Crippen LogP contribution in [0.5, 0.6) is 0 Å². The van der Waals surface area contributed by atoms with Crippen LogP contribution in [0.1, 0.15) is 19.8 Å². The Balaban J connectivity index is 1.96. The summed E-state index contributed by atoms with van der Waals surface area (Å²) >= 11 is 0. The molecule has 2 saturated heterocycles. The highest BCUT2D eigenvalue weighted by Gasteiger charge is 2.41. The molecule has 1 spiro atoms. The van der Waals surface area contributed by atoms with E-state index >= 15 is 0 Å². The van der Waals surface area contributed by atoms with Crippen LogP contribution in [-0.2, 0) is 4.74 Å². The molecule has 0 bridgehead atoms. The van der Waals surface area contributed by atoms with Crippen LogP contribution in [0.15, 0.2) is 12.7 Å². The first-order valence-electron chi connectivity index (χ1n) is 5.20. The van der Waals surface area contributed by atoms with Gasteiger partial charge in [0.15, 0.2) is 0 Å². The minimum absolute atomic E-state index is 0.497. The lowest BCUT2D eigenvalue weighted by Crippen LogP contribution is -2.32. The second kappa shape index (κ2) is 3.43. The van der Waals surface area contributed by atoms with E-state index in [-0.39, 0.29) is 0 Å². The predicted molar refractivity (Wildman–Crippen MR) is 53.7 cm³/mol. The van der Waals surface area contributed by atoms with E-state index in [4.69, 9.17) is 4.74 Å². The van der Waals surface area contributed by atoms with E-state index in [9.17, 15) is 0 Å². The summed E-state index contributed by atoms with van der Waals surface area (Å²) in [7, 11) is 0. The van der Waals surface area contributed by atoms with Gasteiger partial charge in [-0.05, 0) is 26.3 Å². The molecule has 2 atom stereocenters. The minimum atomic E-state index is 0.497. The molecule has 2 fully saturated rings. The highest BCUT2D eigenvalue weighted by atomic mass is 16.5. The van der Waals surface area contributed by atoms with Gasteiger partial charge in [-0.1, -0.05) is 6.08 Å². The molecule has 2 aliphatic heterocycles. The standard InChI is InChI=1S/C11H19NO/c1-3-10(2)12-6-4-11(8-12)5-7-13-9-11/h3,10H,1,4-9H2,2H3. The van der Waals surface area contributed by atoms with E-state index in [0.717, 1.165) is 13.2 Å². The van der Waals surface area contributed by atoms with E-state index in [1.807, 2.05) is 6.08 Å². The van der Waals surface area contributed by atoms with Crippen molar-refractivity contribution in [1.29, 1.82) is 0 Å². The SMILES string of the molecule is C=CC(C)N1CCC2(CCOC2)C1. The first kappa shape index (κ1) is 9.22. The van der Waals surface area contributed by atoms with Crippen molar-refractivity contribution in [3.63, 3.8) is 0 Å². The molecule has 0 N–H and O–H groups in total. The maximum absolute atomic E-state index is 5.49. The van der Waals surface area contributed by atoms with Crippen LogP contribution in [0.2, 0.25) is 0 Å². The van der Waals surface area contributed by atoms with Gasteiger partial charge < -0.3 is 4.74 Å². The highest BCUT2D eigenvalue weighted by molar-refractivity contribution is 4.97. The Morgan fingerprint density at radius 1 is 1.54 bits per heavy atom. The first-order chi connectivity index (χ1) is 6.26. The fraction of sp³-hybridized carbons (Fsp3) is 0.818. The van der Waals surface area contributed by atoms with Gasteiger partial charge in [-0.2, -0.15) is 0 Å². The van der Waals surface area contributed by atoms with Gasteiger partial charge in [0.25, 0.3) is 0 Å². The molecule has 0 aromatic carbocycles. The predicted octanol–water partition coefficient (Wildman–Crippen LogP) is 1.67. The molecule has 2 heteroatoms. The normalized spacial score (nSPS) is 37.0. The lowest BCUT2D eigenvalue weighted by Gasteiger charge is -2.24. The average molecular weight is 181 g/mol. The van der Waals surface area contributed by atoms with Crippen LogP contribution in [0.3, 0.4) is 0 Å². The topological polar surface area (TPSA) is 12.5 Å². The lowest BCUT2D eigenvalue weighted by atomic mass is 9.87. The first-order valence-corrected chi connectivity index (χ1v) is 5.20. The molecule has 2 aliphatic rings. The van der Waals surface area contributed by atoms with E-state index in [1.54, 1.807) is 0 Å². The van der Waals surface area contributed by atoms with Crippen molar-refractivity contribution in [1.82, 2.24) is 4.90 Å². The number of nitrogens with zero attached hydrogens (tertiary/aromatic N) is 1. The Morgan fingerprint density at radius 2 is 2.38 bits per heavy atom. The van der Waals surface area contributed by atoms with Gasteiger partial charge in [-0.15, -0.1) is 6.58 Å². The van der Waals surface area contributed by atoms with Gasteiger partial charge in [0.05, 0.1) is 6.61 Å². The quantitative estimate of drug-likeness (QED) is 0.601. The summed E-state index contributed by atoms with van der Waals surface area (Å²) in [6.45, 7) is 10.4. The number of ether oxygens (including phenoxy) is 1. The van der Waals surface area contributed by atoms with Crippen LogP contribution in [0.25, 0.3) is 0 Å². The van der Waals surface area contributed by atoms with Crippen LogP contribution in [0, 0.1) is 5.41 Å². The van der Waals surface area contributed by atoms with Crippen molar-refractivity contribution in [2.45, 2.75) is 25.8 Å². The molecule has 74 valence electrons. The molecule has 0 radical (unpaired) electrons. The zero-order chi connectivity index (χ0) is 9.31. The van der Waals surface area contributed by atoms with Gasteiger partial charge >= 0.3 is 0 Å². The molecule has 2 unspecified atom stereocenters. The summed E-state index contributed by atoms with van der Waals surface area (Å²) in [5, 5.41) is 0. The van der Waals surface area contributed by atoms with Crippen LogP contribution < -0.4 is 0 Å². The molecule has 13 heavy (non-hydrogen) atoms. The molecular formula is C11H19NO. The Kier molecular flexibility index (Phi) is 2.43. The van der Waals surface area contributed by atoms with Crippen LogP contribution in [-0.4, -0.2) is 37.2 Å². The van der Waals surface area contributed by atoms with Crippen LogP contribution in [0.4, 0.5) is 0 Å². The minimum Gasteiger partial charge on any atom is -0.381 e. The summed E-state index contributed by atoms with van der Waals surface area (Å²) in [5.41, 5.74) is 0.497. The van der Waals surface area contributed by atoms with Crippen molar-refractivity contribution >= 4 is 0 Å². The summed E-state index contributed by atoms with van der Waals surface area (Å²) < 4.78 is 5.49. The Morgan fingerprint density at radius 3 is 3.00 bits per heavy atom. The van der Waals surface area contributed by atoms with Crippen molar-refractivity contribution in [2.75, 3.05) is 26.3 Å². The molecule has 0 saturated carbocycles. The Hall–Kier alpha value is -0.340. The van der Waals surface area contributed by atoms with Crippen molar-refractivity contribution in [3.05, 3.63) is 12.7 Å². The maximum Gasteiger partial charge on any atom is 0.0536 e. The monoisotopic (exact) mass is 181 g/mol. The molecule has 2 nitrogen and oxygen atoms in total. The third-order valence-corrected chi connectivity index (χ3v) is 3.57. The fourth-order valence-electron chi connectivity index (χ4n) is 2.44. The lowest BCUT2D eigenvalue weighted by molar-refractivity contribution is 0.150. The highest BCUT2D eigenvalue weighted by Crippen LogP contribution is 2.38. The summed E-state index contributed by atoms with van der Waals surface area (Å²) in [5.74, 6) is 0. The summed E-state index contributed by atoms with van der Waals surface area (Å²) in [4.78, 5) is 2.52. The molecule has 0 amide bonds. The second-order valence-corrected chi connectivity index (χ2v) is 4.50. The second-order valence-electron chi connectivity index (χ2n) is 4.50. The van der Waals surface area contributed by atoms with E-state index in [0.29, 0.717) is 11.5 Å². The Bertz CT molecular complexity index is 196. The molecule has 0 aliphatic carbocycles. The van der Waals surface area contributed by atoms with Gasteiger partial charge in [-0.3, -0.25) is 4.90 Å². The third kappa shape index (κ3) is 1.65. The molecular weight excluding hydrogens is 162 g/mol. The maximum atomic E-state index is 5.49. The number of rotatable bonds is 2. The van der Waals surface area contributed by atoms with E-state index < -0.39 is 0 Å². The average Bonchev–Trinajstić information content (AvgIpc) is 2.76. The largest absolute Gasteiger partial charge is 0.381 e. The fourth-order valence-corrected chi connectivity index (χ4v) is 2.44. The smallest absolute Gasteiger partial charge is 0.0536 e. The van der Waals surface area contributed by atoms with Crippen molar-refractivity contribution < 1.29 is 4.74 Å². The van der Waals surface area contributed by atoms with E-state index in [1.165, 1.54) is 25.9 Å². The van der Waals surface area contributed by atoms with Gasteiger partial charge in [0, 0.05) is 24.6 Å². The molecule has 2 heterocycles. The molecule has 0 aromatic rings. The summed E-state index contributed by atoms with van der Waals surface area (Å²) in [6, 6.07) is 0.528. The number of hydrogen-bond donors (Lipinski definition) is 0.